The largest absolute Gasteiger partial charge is 0.457 e. The Labute approximate surface area is 163 Å². The Morgan fingerprint density at radius 3 is 2.00 bits per heavy atom. The topological polar surface area (TPSA) is 32.8 Å². The Morgan fingerprint density at radius 1 is 0.750 bits per heavy atom. The van der Waals surface area contributed by atoms with Gasteiger partial charge < -0.3 is 14.5 Å². The zero-order chi connectivity index (χ0) is 19.3. The first-order chi connectivity index (χ1) is 13.7. The molecule has 0 radical (unpaired) electrons. The molecule has 3 aromatic rings. The number of para-hydroxylation sites is 1. The predicted molar refractivity (Wildman–Crippen MR) is 107 cm³/mol. The summed E-state index contributed by atoms with van der Waals surface area (Å²) in [7, 11) is 0. The van der Waals surface area contributed by atoms with Crippen molar-refractivity contribution in [3.05, 3.63) is 90.2 Å². The molecule has 1 aliphatic heterocycles. The van der Waals surface area contributed by atoms with E-state index in [-0.39, 0.29) is 11.7 Å². The van der Waals surface area contributed by atoms with Crippen molar-refractivity contribution in [3.63, 3.8) is 0 Å². The summed E-state index contributed by atoms with van der Waals surface area (Å²) in [5, 5.41) is 0. The van der Waals surface area contributed by atoms with Crippen LogP contribution >= 0.6 is 0 Å². The first kappa shape index (κ1) is 18.0. The maximum Gasteiger partial charge on any atom is 0.253 e. The number of amides is 1. The van der Waals surface area contributed by atoms with Gasteiger partial charge in [-0.1, -0.05) is 18.2 Å². The fourth-order valence-corrected chi connectivity index (χ4v) is 3.29. The number of benzene rings is 3. The van der Waals surface area contributed by atoms with Gasteiger partial charge in [-0.25, -0.2) is 4.39 Å². The van der Waals surface area contributed by atoms with Gasteiger partial charge in [0, 0.05) is 37.4 Å². The monoisotopic (exact) mass is 376 g/mol. The van der Waals surface area contributed by atoms with Crippen LogP contribution in [-0.4, -0.2) is 37.0 Å². The molecule has 4 rings (SSSR count). The Hall–Kier alpha value is -3.34. The van der Waals surface area contributed by atoms with Crippen LogP contribution in [0.5, 0.6) is 11.5 Å². The number of anilines is 1. The molecule has 1 amide bonds. The van der Waals surface area contributed by atoms with Crippen LogP contribution in [0.1, 0.15) is 10.4 Å². The van der Waals surface area contributed by atoms with E-state index in [1.807, 2.05) is 47.4 Å². The molecular weight excluding hydrogens is 355 g/mol. The molecule has 5 heteroatoms. The highest BCUT2D eigenvalue weighted by Gasteiger charge is 2.22. The van der Waals surface area contributed by atoms with Crippen LogP contribution in [0.25, 0.3) is 0 Å². The molecule has 0 saturated carbocycles. The maximum absolute atomic E-state index is 13.1. The lowest BCUT2D eigenvalue weighted by molar-refractivity contribution is 0.0747. The smallest absolute Gasteiger partial charge is 0.253 e. The van der Waals surface area contributed by atoms with Gasteiger partial charge >= 0.3 is 0 Å². The second kappa shape index (κ2) is 8.13. The van der Waals surface area contributed by atoms with Crippen LogP contribution in [0, 0.1) is 5.82 Å². The van der Waals surface area contributed by atoms with Gasteiger partial charge in [0.15, 0.2) is 0 Å². The lowest BCUT2D eigenvalue weighted by Crippen LogP contribution is -2.48. The standard InChI is InChI=1S/C23H21FN2O2/c24-19-8-10-20(11-9-19)25-14-16-26(17-15-25)23(27)18-6-12-22(13-7-18)28-21-4-2-1-3-5-21/h1-13H,14-17H2. The van der Waals surface area contributed by atoms with E-state index < -0.39 is 0 Å². The quantitative estimate of drug-likeness (QED) is 0.668. The molecule has 4 nitrogen and oxygen atoms in total. The molecule has 0 bridgehead atoms. The summed E-state index contributed by atoms with van der Waals surface area (Å²) in [6, 6.07) is 23.2. The zero-order valence-corrected chi connectivity index (χ0v) is 15.4. The average molecular weight is 376 g/mol. The minimum Gasteiger partial charge on any atom is -0.457 e. The molecule has 142 valence electrons. The summed E-state index contributed by atoms with van der Waals surface area (Å²) in [5.74, 6) is 1.24. The zero-order valence-electron chi connectivity index (χ0n) is 15.4. The molecule has 3 aromatic carbocycles. The molecule has 28 heavy (non-hydrogen) atoms. The second-order valence-corrected chi connectivity index (χ2v) is 6.70. The third-order valence-corrected chi connectivity index (χ3v) is 4.84. The number of piperazine rings is 1. The number of carbonyl (C=O) groups excluding carboxylic acids is 1. The molecule has 0 atom stereocenters. The minimum absolute atomic E-state index is 0.0185. The van der Waals surface area contributed by atoms with Crippen molar-refractivity contribution >= 4 is 11.6 Å². The van der Waals surface area contributed by atoms with E-state index in [1.54, 1.807) is 24.3 Å². The van der Waals surface area contributed by atoms with E-state index in [2.05, 4.69) is 4.90 Å². The number of hydrogen-bond donors (Lipinski definition) is 0. The fraction of sp³-hybridized carbons (Fsp3) is 0.174. The number of rotatable bonds is 4. The lowest BCUT2D eigenvalue weighted by Gasteiger charge is -2.36. The van der Waals surface area contributed by atoms with Crippen molar-refractivity contribution in [2.75, 3.05) is 31.1 Å². The Kier molecular flexibility index (Phi) is 5.24. The predicted octanol–water partition coefficient (Wildman–Crippen LogP) is 4.58. The molecule has 1 heterocycles. The van der Waals surface area contributed by atoms with Gasteiger partial charge in [0.2, 0.25) is 0 Å². The van der Waals surface area contributed by atoms with Gasteiger partial charge in [0.25, 0.3) is 5.91 Å². The molecule has 1 fully saturated rings. The molecule has 1 aliphatic rings. The van der Waals surface area contributed by atoms with E-state index in [4.69, 9.17) is 4.74 Å². The highest BCUT2D eigenvalue weighted by Crippen LogP contribution is 2.22. The normalized spacial score (nSPS) is 14.0. The van der Waals surface area contributed by atoms with E-state index in [9.17, 15) is 9.18 Å². The Bertz CT molecular complexity index is 919. The second-order valence-electron chi connectivity index (χ2n) is 6.70. The van der Waals surface area contributed by atoms with Crippen molar-refractivity contribution in [1.29, 1.82) is 0 Å². The van der Waals surface area contributed by atoms with Gasteiger partial charge in [-0.05, 0) is 60.7 Å². The molecular formula is C23H21FN2O2. The van der Waals surface area contributed by atoms with Crippen LogP contribution in [0.15, 0.2) is 78.9 Å². The van der Waals surface area contributed by atoms with Crippen molar-refractivity contribution in [2.24, 2.45) is 0 Å². The van der Waals surface area contributed by atoms with Crippen molar-refractivity contribution in [1.82, 2.24) is 4.90 Å². The molecule has 0 aliphatic carbocycles. The highest BCUT2D eigenvalue weighted by molar-refractivity contribution is 5.94. The molecule has 1 saturated heterocycles. The van der Waals surface area contributed by atoms with Crippen LogP contribution in [0.4, 0.5) is 10.1 Å². The maximum atomic E-state index is 13.1. The third kappa shape index (κ3) is 4.14. The van der Waals surface area contributed by atoms with Crippen molar-refractivity contribution in [3.8, 4) is 11.5 Å². The van der Waals surface area contributed by atoms with E-state index in [0.717, 1.165) is 24.5 Å². The van der Waals surface area contributed by atoms with Crippen LogP contribution in [0.2, 0.25) is 0 Å². The van der Waals surface area contributed by atoms with Crippen LogP contribution < -0.4 is 9.64 Å². The van der Waals surface area contributed by atoms with Gasteiger partial charge in [-0.15, -0.1) is 0 Å². The third-order valence-electron chi connectivity index (χ3n) is 4.84. The van der Waals surface area contributed by atoms with Gasteiger partial charge in [-0.3, -0.25) is 4.79 Å². The number of halogens is 1. The first-order valence-corrected chi connectivity index (χ1v) is 9.32. The Morgan fingerprint density at radius 2 is 1.36 bits per heavy atom. The molecule has 0 aromatic heterocycles. The number of ether oxygens (including phenoxy) is 1. The summed E-state index contributed by atoms with van der Waals surface area (Å²) >= 11 is 0. The van der Waals surface area contributed by atoms with Crippen molar-refractivity contribution < 1.29 is 13.9 Å². The SMILES string of the molecule is O=C(c1ccc(Oc2ccccc2)cc1)N1CCN(c2ccc(F)cc2)CC1. The number of hydrogen-bond acceptors (Lipinski definition) is 3. The molecule has 0 N–H and O–H groups in total. The van der Waals surface area contributed by atoms with E-state index in [0.29, 0.717) is 24.4 Å². The van der Waals surface area contributed by atoms with Crippen LogP contribution in [-0.2, 0) is 0 Å². The van der Waals surface area contributed by atoms with Gasteiger partial charge in [-0.2, -0.15) is 0 Å². The molecule has 0 unspecified atom stereocenters. The number of carbonyl (C=O) groups is 1. The van der Waals surface area contributed by atoms with E-state index >= 15 is 0 Å². The summed E-state index contributed by atoms with van der Waals surface area (Å²) in [6.45, 7) is 2.73. The molecule has 0 spiro atoms. The summed E-state index contributed by atoms with van der Waals surface area (Å²) in [4.78, 5) is 16.8. The summed E-state index contributed by atoms with van der Waals surface area (Å²) in [5.41, 5.74) is 1.63. The van der Waals surface area contributed by atoms with Crippen molar-refractivity contribution in [2.45, 2.75) is 0 Å². The number of nitrogens with zero attached hydrogens (tertiary/aromatic N) is 2. The minimum atomic E-state index is -0.239. The van der Waals surface area contributed by atoms with Gasteiger partial charge in [0.05, 0.1) is 0 Å². The summed E-state index contributed by atoms with van der Waals surface area (Å²) in [6.07, 6.45) is 0. The average Bonchev–Trinajstić information content (AvgIpc) is 2.75. The lowest BCUT2D eigenvalue weighted by atomic mass is 10.1. The van der Waals surface area contributed by atoms with Gasteiger partial charge in [0.1, 0.15) is 17.3 Å². The summed E-state index contributed by atoms with van der Waals surface area (Å²) < 4.78 is 18.9. The van der Waals surface area contributed by atoms with Crippen LogP contribution in [0.3, 0.4) is 0 Å². The fourth-order valence-electron chi connectivity index (χ4n) is 3.29. The van der Waals surface area contributed by atoms with E-state index in [1.165, 1.54) is 12.1 Å². The first-order valence-electron chi connectivity index (χ1n) is 9.32. The Balaban J connectivity index is 1.35. The highest BCUT2D eigenvalue weighted by atomic mass is 19.1.